The highest BCUT2D eigenvalue weighted by atomic mass is 35.6. The molecule has 0 aromatic carbocycles. The van der Waals surface area contributed by atoms with Crippen LogP contribution in [0.2, 0.25) is 0 Å². The molecule has 0 radical (unpaired) electrons. The second-order valence-electron chi connectivity index (χ2n) is 4.23. The standard InChI is InChI=1S/C12H18Cl3NO3/c1-4-6-7-8-16(9(17)12(13,14)15)11(3,5-2)10(18)19/h6-7H,4-5,8H2,1-3H3,(H,18,19). The molecule has 0 spiro atoms. The molecule has 0 saturated carbocycles. The molecule has 0 aromatic rings. The Balaban J connectivity index is 5.44. The lowest BCUT2D eigenvalue weighted by molar-refractivity contribution is -0.157. The van der Waals surface area contributed by atoms with Gasteiger partial charge in [-0.3, -0.25) is 4.79 Å². The minimum absolute atomic E-state index is 0.0806. The Bertz CT molecular complexity index is 366. The summed E-state index contributed by atoms with van der Waals surface area (Å²) >= 11 is 16.7. The van der Waals surface area contributed by atoms with Crippen molar-refractivity contribution in [2.24, 2.45) is 0 Å². The molecule has 1 amide bonds. The lowest BCUT2D eigenvalue weighted by atomic mass is 9.96. The molecule has 1 N–H and O–H groups in total. The van der Waals surface area contributed by atoms with E-state index in [-0.39, 0.29) is 13.0 Å². The van der Waals surface area contributed by atoms with E-state index >= 15 is 0 Å². The topological polar surface area (TPSA) is 57.6 Å². The molecule has 0 bridgehead atoms. The first-order chi connectivity index (χ1) is 8.61. The quantitative estimate of drug-likeness (QED) is 0.600. The number of rotatable bonds is 6. The van der Waals surface area contributed by atoms with Crippen LogP contribution in [0.15, 0.2) is 12.2 Å². The molecule has 1 unspecified atom stereocenters. The van der Waals surface area contributed by atoms with Crippen LogP contribution in [0.25, 0.3) is 0 Å². The zero-order valence-electron chi connectivity index (χ0n) is 11.1. The zero-order valence-corrected chi connectivity index (χ0v) is 13.4. The lowest BCUT2D eigenvalue weighted by Crippen LogP contribution is -2.57. The monoisotopic (exact) mass is 329 g/mol. The summed E-state index contributed by atoms with van der Waals surface area (Å²) in [5, 5.41) is 9.33. The van der Waals surface area contributed by atoms with E-state index in [0.717, 1.165) is 11.3 Å². The van der Waals surface area contributed by atoms with Gasteiger partial charge in [0, 0.05) is 6.54 Å². The van der Waals surface area contributed by atoms with Gasteiger partial charge in [-0.15, -0.1) is 0 Å². The number of carboxylic acids is 1. The molecule has 0 aromatic heterocycles. The summed E-state index contributed by atoms with van der Waals surface area (Å²) in [6, 6.07) is 0. The van der Waals surface area contributed by atoms with Crippen molar-refractivity contribution in [3.63, 3.8) is 0 Å². The third-order valence-corrected chi connectivity index (χ3v) is 3.41. The highest BCUT2D eigenvalue weighted by Gasteiger charge is 2.46. The van der Waals surface area contributed by atoms with Crippen LogP contribution in [0.1, 0.15) is 33.6 Å². The maximum absolute atomic E-state index is 12.1. The number of amides is 1. The van der Waals surface area contributed by atoms with Gasteiger partial charge in [0.15, 0.2) is 0 Å². The number of alkyl halides is 3. The van der Waals surface area contributed by atoms with Crippen molar-refractivity contribution in [1.82, 2.24) is 4.90 Å². The summed E-state index contributed by atoms with van der Waals surface area (Å²) in [7, 11) is 0. The van der Waals surface area contributed by atoms with E-state index in [0.29, 0.717) is 0 Å². The summed E-state index contributed by atoms with van der Waals surface area (Å²) < 4.78 is -2.17. The fraction of sp³-hybridized carbons (Fsp3) is 0.667. The molecule has 0 rings (SSSR count). The number of carboxylic acid groups (broad SMARTS) is 1. The van der Waals surface area contributed by atoms with E-state index in [9.17, 15) is 14.7 Å². The highest BCUT2D eigenvalue weighted by Crippen LogP contribution is 2.32. The fourth-order valence-corrected chi connectivity index (χ4v) is 1.77. The van der Waals surface area contributed by atoms with Gasteiger partial charge in [0.05, 0.1) is 0 Å². The summed E-state index contributed by atoms with van der Waals surface area (Å²) in [4.78, 5) is 24.6. The third kappa shape index (κ3) is 4.86. The molecule has 19 heavy (non-hydrogen) atoms. The predicted octanol–water partition coefficient (Wildman–Crippen LogP) is 3.40. The van der Waals surface area contributed by atoms with Gasteiger partial charge >= 0.3 is 5.97 Å². The van der Waals surface area contributed by atoms with Gasteiger partial charge in [-0.05, 0) is 19.8 Å². The predicted molar refractivity (Wildman–Crippen MR) is 77.8 cm³/mol. The smallest absolute Gasteiger partial charge is 0.329 e. The van der Waals surface area contributed by atoms with Gasteiger partial charge in [-0.2, -0.15) is 0 Å². The van der Waals surface area contributed by atoms with Crippen LogP contribution in [0.3, 0.4) is 0 Å². The molecular weight excluding hydrogens is 312 g/mol. The number of aliphatic carboxylic acids is 1. The van der Waals surface area contributed by atoms with Crippen molar-refractivity contribution in [2.75, 3.05) is 6.54 Å². The van der Waals surface area contributed by atoms with Crippen LogP contribution in [0.4, 0.5) is 0 Å². The summed E-state index contributed by atoms with van der Waals surface area (Å²) in [6.45, 7) is 5.10. The third-order valence-electron chi connectivity index (χ3n) is 2.92. The lowest BCUT2D eigenvalue weighted by Gasteiger charge is -2.38. The van der Waals surface area contributed by atoms with Crippen LogP contribution >= 0.6 is 34.8 Å². The Morgan fingerprint density at radius 1 is 1.21 bits per heavy atom. The molecule has 7 heteroatoms. The van der Waals surface area contributed by atoms with Gasteiger partial charge in [-0.1, -0.05) is 60.8 Å². The number of nitrogens with zero attached hydrogens (tertiary/aromatic N) is 1. The number of allylic oxidation sites excluding steroid dienone is 1. The summed E-state index contributed by atoms with van der Waals surface area (Å²) in [6.07, 6.45) is 4.47. The number of hydrogen-bond acceptors (Lipinski definition) is 2. The van der Waals surface area contributed by atoms with E-state index in [1.165, 1.54) is 6.92 Å². The van der Waals surface area contributed by atoms with E-state index in [1.807, 2.05) is 13.0 Å². The fourth-order valence-electron chi connectivity index (χ4n) is 1.47. The SMILES string of the molecule is CCC=CCN(C(=O)C(Cl)(Cl)Cl)C(C)(CC)C(=O)O. The van der Waals surface area contributed by atoms with Crippen molar-refractivity contribution in [3.05, 3.63) is 12.2 Å². The van der Waals surface area contributed by atoms with Crippen molar-refractivity contribution in [3.8, 4) is 0 Å². The van der Waals surface area contributed by atoms with Crippen LogP contribution in [-0.2, 0) is 9.59 Å². The normalized spacial score (nSPS) is 15.3. The summed E-state index contributed by atoms with van der Waals surface area (Å²) in [5.41, 5.74) is -1.42. The van der Waals surface area contributed by atoms with Crippen molar-refractivity contribution < 1.29 is 14.7 Å². The Morgan fingerprint density at radius 2 is 1.74 bits per heavy atom. The molecular formula is C12H18Cl3NO3. The maximum atomic E-state index is 12.1. The van der Waals surface area contributed by atoms with Crippen LogP contribution in [-0.4, -0.2) is 37.8 Å². The molecule has 0 aliphatic rings. The van der Waals surface area contributed by atoms with Crippen LogP contribution in [0.5, 0.6) is 0 Å². The van der Waals surface area contributed by atoms with Gasteiger partial charge in [0.25, 0.3) is 9.70 Å². The molecule has 1 atom stereocenters. The number of hydrogen-bond donors (Lipinski definition) is 1. The first-order valence-corrected chi connectivity index (χ1v) is 7.01. The molecule has 0 aliphatic heterocycles. The Labute approximate surface area is 128 Å². The minimum atomic E-state index is -2.17. The average Bonchev–Trinajstić information content (AvgIpc) is 2.31. The van der Waals surface area contributed by atoms with E-state index in [2.05, 4.69) is 0 Å². The molecule has 0 fully saturated rings. The Hall–Kier alpha value is -0.450. The van der Waals surface area contributed by atoms with Gasteiger partial charge in [0.1, 0.15) is 5.54 Å². The van der Waals surface area contributed by atoms with Gasteiger partial charge in [-0.25, -0.2) is 4.79 Å². The average molecular weight is 331 g/mol. The minimum Gasteiger partial charge on any atom is -0.480 e. The molecule has 4 nitrogen and oxygen atoms in total. The van der Waals surface area contributed by atoms with E-state index < -0.39 is 21.2 Å². The van der Waals surface area contributed by atoms with E-state index in [1.54, 1.807) is 13.0 Å². The van der Waals surface area contributed by atoms with Crippen LogP contribution in [0, 0.1) is 0 Å². The zero-order chi connectivity index (χ0) is 15.3. The second kappa shape index (κ2) is 7.36. The van der Waals surface area contributed by atoms with Crippen molar-refractivity contribution >= 4 is 46.7 Å². The Kier molecular flexibility index (Phi) is 7.19. The maximum Gasteiger partial charge on any atom is 0.329 e. The first kappa shape index (κ1) is 18.6. The number of carbonyl (C=O) groups excluding carboxylic acids is 1. The highest BCUT2D eigenvalue weighted by molar-refractivity contribution is 6.76. The molecule has 110 valence electrons. The molecule has 0 saturated heterocycles. The van der Waals surface area contributed by atoms with Gasteiger partial charge in [0.2, 0.25) is 0 Å². The largest absolute Gasteiger partial charge is 0.480 e. The Morgan fingerprint density at radius 3 is 2.05 bits per heavy atom. The first-order valence-electron chi connectivity index (χ1n) is 5.88. The van der Waals surface area contributed by atoms with Gasteiger partial charge < -0.3 is 10.0 Å². The summed E-state index contributed by atoms with van der Waals surface area (Å²) in [5.74, 6) is -1.98. The second-order valence-corrected chi connectivity index (χ2v) is 6.51. The molecule has 0 heterocycles. The number of carbonyl (C=O) groups is 2. The van der Waals surface area contributed by atoms with Crippen LogP contribution < -0.4 is 0 Å². The van der Waals surface area contributed by atoms with Crippen molar-refractivity contribution in [2.45, 2.75) is 42.9 Å². The van der Waals surface area contributed by atoms with Crippen molar-refractivity contribution in [1.29, 1.82) is 0 Å². The molecule has 0 aliphatic carbocycles. The number of halogens is 3. The van der Waals surface area contributed by atoms with E-state index in [4.69, 9.17) is 34.8 Å².